The molecule has 2 aromatic rings. The highest BCUT2D eigenvalue weighted by Crippen LogP contribution is 2.32. The Morgan fingerprint density at radius 3 is 2.48 bits per heavy atom. The van der Waals surface area contributed by atoms with Gasteiger partial charge in [-0.3, -0.25) is 0 Å². The lowest BCUT2D eigenvalue weighted by molar-refractivity contribution is 0.627. The van der Waals surface area contributed by atoms with E-state index in [1.807, 2.05) is 25.3 Å². The van der Waals surface area contributed by atoms with Crippen LogP contribution in [0.25, 0.3) is 6.08 Å². The molecule has 0 spiro atoms. The predicted molar refractivity (Wildman–Crippen MR) is 91.9 cm³/mol. The van der Waals surface area contributed by atoms with E-state index < -0.39 is 0 Å². The van der Waals surface area contributed by atoms with E-state index in [-0.39, 0.29) is 11.6 Å². The molecule has 0 amide bonds. The second-order valence-corrected chi connectivity index (χ2v) is 5.81. The van der Waals surface area contributed by atoms with E-state index in [4.69, 9.17) is 0 Å². The Labute approximate surface area is 135 Å². The highest BCUT2D eigenvalue weighted by Gasteiger charge is 2.18. The second-order valence-electron chi connectivity index (χ2n) is 5.81. The first kappa shape index (κ1) is 15.5. The molecule has 120 valence electrons. The fourth-order valence-corrected chi connectivity index (χ4v) is 2.89. The maximum absolute atomic E-state index is 13.7. The average molecular weight is 314 g/mol. The summed E-state index contributed by atoms with van der Waals surface area (Å²) in [5, 5.41) is 0. The van der Waals surface area contributed by atoms with Crippen molar-refractivity contribution in [2.75, 3.05) is 36.5 Å². The molecular formula is C19H20F2N2. The summed E-state index contributed by atoms with van der Waals surface area (Å²) >= 11 is 0. The van der Waals surface area contributed by atoms with Crippen LogP contribution in [0.15, 0.2) is 48.5 Å². The van der Waals surface area contributed by atoms with Crippen LogP contribution in [0.1, 0.15) is 12.0 Å². The molecule has 23 heavy (non-hydrogen) atoms. The fourth-order valence-electron chi connectivity index (χ4n) is 2.89. The molecule has 3 rings (SSSR count). The molecule has 1 aliphatic heterocycles. The number of hydrogen-bond donors (Lipinski definition) is 0. The minimum atomic E-state index is -0.234. The largest absolute Gasteiger partial charge is 0.373 e. The molecule has 0 atom stereocenters. The maximum Gasteiger partial charge on any atom is 0.125 e. The van der Waals surface area contributed by atoms with Crippen molar-refractivity contribution in [1.29, 1.82) is 0 Å². The summed E-state index contributed by atoms with van der Waals surface area (Å²) in [4.78, 5) is 4.35. The van der Waals surface area contributed by atoms with Gasteiger partial charge in [-0.05, 0) is 42.3 Å². The minimum absolute atomic E-state index is 0.216. The molecule has 0 fully saturated rings. The van der Waals surface area contributed by atoms with Crippen LogP contribution in [0, 0.1) is 11.6 Å². The quantitative estimate of drug-likeness (QED) is 0.832. The zero-order valence-corrected chi connectivity index (χ0v) is 13.2. The first-order valence-electron chi connectivity index (χ1n) is 7.81. The van der Waals surface area contributed by atoms with Crippen molar-refractivity contribution in [2.45, 2.75) is 6.42 Å². The Balaban J connectivity index is 1.78. The van der Waals surface area contributed by atoms with Crippen LogP contribution >= 0.6 is 0 Å². The number of hydrogen-bond acceptors (Lipinski definition) is 2. The van der Waals surface area contributed by atoms with Gasteiger partial charge in [-0.15, -0.1) is 0 Å². The second kappa shape index (κ2) is 6.82. The summed E-state index contributed by atoms with van der Waals surface area (Å²) < 4.78 is 26.6. The lowest BCUT2D eigenvalue weighted by Gasteiger charge is -2.24. The van der Waals surface area contributed by atoms with Gasteiger partial charge in [0.15, 0.2) is 0 Å². The number of rotatable bonds is 3. The molecule has 0 saturated heterocycles. The first-order chi connectivity index (χ1) is 11.1. The topological polar surface area (TPSA) is 6.48 Å². The molecule has 1 heterocycles. The third kappa shape index (κ3) is 3.70. The summed E-state index contributed by atoms with van der Waals surface area (Å²) in [5.74, 6) is -0.450. The number of anilines is 2. The van der Waals surface area contributed by atoms with Gasteiger partial charge in [0.2, 0.25) is 0 Å². The van der Waals surface area contributed by atoms with E-state index in [9.17, 15) is 8.78 Å². The van der Waals surface area contributed by atoms with Crippen LogP contribution in [0.4, 0.5) is 20.2 Å². The molecule has 0 aromatic heterocycles. The standard InChI is InChI=1S/C19H20F2N2/c1-22-11-3-13-23(19-14-17(21)9-10-18(19)22)12-2-4-15-5-7-16(20)8-6-15/h2,4-10,14H,3,11-13H2,1H3/b4-2+. The molecule has 0 radical (unpaired) electrons. The van der Waals surface area contributed by atoms with E-state index in [0.717, 1.165) is 36.4 Å². The van der Waals surface area contributed by atoms with Crippen LogP contribution < -0.4 is 9.80 Å². The molecule has 0 N–H and O–H groups in total. The van der Waals surface area contributed by atoms with Crippen LogP contribution in [0.5, 0.6) is 0 Å². The van der Waals surface area contributed by atoms with Crippen molar-refractivity contribution >= 4 is 17.5 Å². The smallest absolute Gasteiger partial charge is 0.125 e. The van der Waals surface area contributed by atoms with Crippen LogP contribution in [0.3, 0.4) is 0 Å². The molecule has 0 aliphatic carbocycles. The average Bonchev–Trinajstić information content (AvgIpc) is 2.69. The van der Waals surface area contributed by atoms with Crippen molar-refractivity contribution in [3.63, 3.8) is 0 Å². The zero-order valence-electron chi connectivity index (χ0n) is 13.2. The molecule has 4 heteroatoms. The molecule has 0 unspecified atom stereocenters. The fraction of sp³-hybridized carbons (Fsp3) is 0.263. The van der Waals surface area contributed by atoms with Crippen molar-refractivity contribution in [1.82, 2.24) is 0 Å². The Kier molecular flexibility index (Phi) is 4.60. The maximum atomic E-state index is 13.7. The van der Waals surface area contributed by atoms with Gasteiger partial charge >= 0.3 is 0 Å². The normalized spacial score (nSPS) is 14.9. The van der Waals surface area contributed by atoms with Gasteiger partial charge < -0.3 is 9.80 Å². The predicted octanol–water partition coefficient (Wildman–Crippen LogP) is 4.32. The van der Waals surface area contributed by atoms with Gasteiger partial charge in [-0.1, -0.05) is 24.3 Å². The van der Waals surface area contributed by atoms with Gasteiger partial charge in [-0.25, -0.2) is 8.78 Å². The highest BCUT2D eigenvalue weighted by molar-refractivity contribution is 5.72. The molecule has 1 aliphatic rings. The third-order valence-corrected chi connectivity index (χ3v) is 4.12. The molecular weight excluding hydrogens is 294 g/mol. The Bertz CT molecular complexity index is 695. The zero-order chi connectivity index (χ0) is 16.2. The van der Waals surface area contributed by atoms with Gasteiger partial charge in [0.05, 0.1) is 11.4 Å². The summed E-state index contributed by atoms with van der Waals surface area (Å²) in [5.41, 5.74) is 2.94. The summed E-state index contributed by atoms with van der Waals surface area (Å²) in [6, 6.07) is 11.3. The number of halogens is 2. The lowest BCUT2D eigenvalue weighted by Crippen LogP contribution is -2.24. The third-order valence-electron chi connectivity index (χ3n) is 4.12. The van der Waals surface area contributed by atoms with E-state index >= 15 is 0 Å². The lowest BCUT2D eigenvalue weighted by atomic mass is 10.2. The van der Waals surface area contributed by atoms with Crippen molar-refractivity contribution in [2.24, 2.45) is 0 Å². The summed E-state index contributed by atoms with van der Waals surface area (Å²) in [7, 11) is 2.04. The van der Waals surface area contributed by atoms with Gasteiger partial charge in [0, 0.05) is 26.7 Å². The Hall–Kier alpha value is -2.36. The summed E-state index contributed by atoms with van der Waals surface area (Å²) in [6.45, 7) is 2.53. The first-order valence-corrected chi connectivity index (χ1v) is 7.81. The van der Waals surface area contributed by atoms with Crippen LogP contribution in [0.2, 0.25) is 0 Å². The number of nitrogens with zero attached hydrogens (tertiary/aromatic N) is 2. The van der Waals surface area contributed by atoms with Crippen LogP contribution in [-0.4, -0.2) is 26.7 Å². The van der Waals surface area contributed by atoms with Crippen molar-refractivity contribution < 1.29 is 8.78 Å². The molecule has 0 bridgehead atoms. The Morgan fingerprint density at radius 2 is 1.70 bits per heavy atom. The summed E-state index contributed by atoms with van der Waals surface area (Å²) in [6.07, 6.45) is 5.03. The minimum Gasteiger partial charge on any atom is -0.373 e. The van der Waals surface area contributed by atoms with E-state index in [1.165, 1.54) is 18.2 Å². The van der Waals surface area contributed by atoms with E-state index in [2.05, 4.69) is 9.80 Å². The van der Waals surface area contributed by atoms with Gasteiger partial charge in [-0.2, -0.15) is 0 Å². The van der Waals surface area contributed by atoms with Crippen LogP contribution in [-0.2, 0) is 0 Å². The van der Waals surface area contributed by atoms with Crippen molar-refractivity contribution in [3.8, 4) is 0 Å². The monoisotopic (exact) mass is 314 g/mol. The van der Waals surface area contributed by atoms with E-state index in [1.54, 1.807) is 18.2 Å². The molecule has 0 saturated carbocycles. The highest BCUT2D eigenvalue weighted by atomic mass is 19.1. The van der Waals surface area contributed by atoms with Crippen molar-refractivity contribution in [3.05, 3.63) is 65.7 Å². The van der Waals surface area contributed by atoms with Gasteiger partial charge in [0.1, 0.15) is 11.6 Å². The van der Waals surface area contributed by atoms with Gasteiger partial charge in [0.25, 0.3) is 0 Å². The number of fused-ring (bicyclic) bond motifs is 1. The Morgan fingerprint density at radius 1 is 0.957 bits per heavy atom. The molecule has 2 aromatic carbocycles. The van der Waals surface area contributed by atoms with E-state index in [0.29, 0.717) is 6.54 Å². The number of benzene rings is 2. The SMILES string of the molecule is CN1CCCN(C/C=C/c2ccc(F)cc2)c2cc(F)ccc21. The molecule has 2 nitrogen and oxygen atoms in total.